The summed E-state index contributed by atoms with van der Waals surface area (Å²) < 4.78 is 16.5. The summed E-state index contributed by atoms with van der Waals surface area (Å²) in [5.41, 5.74) is 4.63. The molecular weight excluding hydrogens is 415 g/mol. The molecule has 5 rings (SSSR count). The summed E-state index contributed by atoms with van der Waals surface area (Å²) in [6.07, 6.45) is 7.06. The minimum absolute atomic E-state index is 0.0148. The number of piperidine rings is 1. The van der Waals surface area contributed by atoms with Crippen molar-refractivity contribution in [2.45, 2.75) is 26.2 Å². The van der Waals surface area contributed by atoms with Crippen molar-refractivity contribution in [3.63, 3.8) is 0 Å². The van der Waals surface area contributed by atoms with Crippen LogP contribution in [0.4, 0.5) is 10.2 Å². The van der Waals surface area contributed by atoms with E-state index in [0.717, 1.165) is 54.3 Å². The van der Waals surface area contributed by atoms with E-state index in [9.17, 15) is 4.39 Å². The molecule has 7 heteroatoms. The Morgan fingerprint density at radius 1 is 1.06 bits per heavy atom. The van der Waals surface area contributed by atoms with Crippen molar-refractivity contribution in [2.24, 2.45) is 13.0 Å². The van der Waals surface area contributed by atoms with Gasteiger partial charge in [-0.25, -0.2) is 14.4 Å². The fourth-order valence-electron chi connectivity index (χ4n) is 4.55. The first-order valence-corrected chi connectivity index (χ1v) is 11.3. The van der Waals surface area contributed by atoms with Gasteiger partial charge in [0.2, 0.25) is 0 Å². The Morgan fingerprint density at radius 3 is 2.55 bits per heavy atom. The van der Waals surface area contributed by atoms with Gasteiger partial charge in [0.1, 0.15) is 17.7 Å². The van der Waals surface area contributed by atoms with Gasteiger partial charge in [0, 0.05) is 31.3 Å². The van der Waals surface area contributed by atoms with Crippen molar-refractivity contribution >= 4 is 16.9 Å². The van der Waals surface area contributed by atoms with Crippen molar-refractivity contribution < 1.29 is 4.39 Å². The van der Waals surface area contributed by atoms with E-state index in [1.165, 1.54) is 18.6 Å². The predicted molar refractivity (Wildman–Crippen MR) is 127 cm³/mol. The first-order chi connectivity index (χ1) is 16.1. The number of nitriles is 1. The van der Waals surface area contributed by atoms with Crippen molar-refractivity contribution in [1.29, 1.82) is 5.26 Å². The number of anilines is 1. The van der Waals surface area contributed by atoms with Gasteiger partial charge >= 0.3 is 0 Å². The van der Waals surface area contributed by atoms with Crippen LogP contribution in [0.1, 0.15) is 31.7 Å². The average Bonchev–Trinajstić information content (AvgIpc) is 3.23. The lowest BCUT2D eigenvalue weighted by atomic mass is 9.94. The average molecular weight is 441 g/mol. The first-order valence-electron chi connectivity index (χ1n) is 11.3. The molecule has 33 heavy (non-hydrogen) atoms. The molecule has 1 fully saturated rings. The second-order valence-electron chi connectivity index (χ2n) is 8.63. The Bertz CT molecular complexity index is 1360. The van der Waals surface area contributed by atoms with Gasteiger partial charge in [0.15, 0.2) is 0 Å². The summed E-state index contributed by atoms with van der Waals surface area (Å²) in [4.78, 5) is 16.5. The van der Waals surface area contributed by atoms with Crippen LogP contribution in [-0.4, -0.2) is 32.6 Å². The lowest BCUT2D eigenvalue weighted by Gasteiger charge is -2.32. The molecule has 0 amide bonds. The Kier molecular flexibility index (Phi) is 5.51. The van der Waals surface area contributed by atoms with Crippen molar-refractivity contribution in [3.8, 4) is 28.6 Å². The van der Waals surface area contributed by atoms with E-state index in [1.54, 1.807) is 12.4 Å². The van der Waals surface area contributed by atoms with Crippen LogP contribution in [-0.2, 0) is 7.05 Å². The zero-order chi connectivity index (χ0) is 22.9. The Labute approximate surface area is 192 Å². The number of hydrogen-bond acceptors (Lipinski definition) is 5. The van der Waals surface area contributed by atoms with Gasteiger partial charge in [-0.2, -0.15) is 5.26 Å². The van der Waals surface area contributed by atoms with Crippen LogP contribution in [0.25, 0.3) is 33.5 Å². The number of benzene rings is 2. The minimum atomic E-state index is -0.558. The maximum Gasteiger partial charge on any atom is 0.147 e. The quantitative estimate of drug-likeness (QED) is 0.429. The molecule has 3 heterocycles. The molecule has 1 saturated heterocycles. The third-order valence-electron chi connectivity index (χ3n) is 6.64. The van der Waals surface area contributed by atoms with Crippen LogP contribution in [0.2, 0.25) is 0 Å². The molecule has 0 N–H and O–H groups in total. The third-order valence-corrected chi connectivity index (χ3v) is 6.64. The molecule has 2 aromatic carbocycles. The van der Waals surface area contributed by atoms with Gasteiger partial charge < -0.3 is 9.47 Å². The van der Waals surface area contributed by atoms with E-state index in [4.69, 9.17) is 15.2 Å². The number of aryl methyl sites for hydroxylation is 1. The van der Waals surface area contributed by atoms with Gasteiger partial charge in [-0.3, -0.25) is 4.98 Å². The van der Waals surface area contributed by atoms with Crippen LogP contribution < -0.4 is 4.90 Å². The molecule has 0 unspecified atom stereocenters. The summed E-state index contributed by atoms with van der Waals surface area (Å²) in [5, 5.41) is 9.14. The first kappa shape index (κ1) is 21.1. The van der Waals surface area contributed by atoms with Gasteiger partial charge in [-0.15, -0.1) is 0 Å². The van der Waals surface area contributed by atoms with Gasteiger partial charge in [0.25, 0.3) is 0 Å². The van der Waals surface area contributed by atoms with Gasteiger partial charge in [-0.05, 0) is 43.0 Å². The van der Waals surface area contributed by atoms with Crippen molar-refractivity contribution in [3.05, 3.63) is 60.3 Å². The summed E-state index contributed by atoms with van der Waals surface area (Å²) >= 11 is 0. The second-order valence-corrected chi connectivity index (χ2v) is 8.63. The van der Waals surface area contributed by atoms with Gasteiger partial charge in [-0.1, -0.05) is 25.5 Å². The summed E-state index contributed by atoms with van der Waals surface area (Å²) in [5.74, 6) is 0.995. The lowest BCUT2D eigenvalue weighted by Crippen LogP contribution is -2.34. The minimum Gasteiger partial charge on any atom is -0.355 e. The highest BCUT2D eigenvalue weighted by atomic mass is 19.1. The highest BCUT2D eigenvalue weighted by molar-refractivity contribution is 5.86. The zero-order valence-corrected chi connectivity index (χ0v) is 18.8. The molecule has 0 spiro atoms. The highest BCUT2D eigenvalue weighted by Gasteiger charge is 2.22. The van der Waals surface area contributed by atoms with E-state index in [-0.39, 0.29) is 5.56 Å². The second kappa shape index (κ2) is 8.62. The molecule has 166 valence electrons. The SMILES string of the molecule is CCC1CCN(c2cnc(-c3ccc4c(c3)ncn4C)c(-c3ccc(C#N)c(F)c3)n2)CC1. The van der Waals surface area contributed by atoms with Crippen LogP contribution in [0.15, 0.2) is 48.9 Å². The molecule has 0 radical (unpaired) electrons. The molecule has 4 aromatic rings. The van der Waals surface area contributed by atoms with E-state index >= 15 is 0 Å². The topological polar surface area (TPSA) is 70.6 Å². The number of nitrogens with zero attached hydrogens (tertiary/aromatic N) is 6. The summed E-state index contributed by atoms with van der Waals surface area (Å²) in [6.45, 7) is 4.12. The maximum absolute atomic E-state index is 14.5. The number of rotatable bonds is 4. The Hall–Kier alpha value is -3.79. The van der Waals surface area contributed by atoms with Crippen molar-refractivity contribution in [1.82, 2.24) is 19.5 Å². The molecular formula is C26H25FN6. The van der Waals surface area contributed by atoms with Crippen molar-refractivity contribution in [2.75, 3.05) is 18.0 Å². The fraction of sp³-hybridized carbons (Fsp3) is 0.308. The van der Waals surface area contributed by atoms with Crippen LogP contribution in [0.5, 0.6) is 0 Å². The Morgan fingerprint density at radius 2 is 1.82 bits per heavy atom. The number of imidazole rings is 1. The number of fused-ring (bicyclic) bond motifs is 1. The summed E-state index contributed by atoms with van der Waals surface area (Å²) in [6, 6.07) is 12.5. The highest BCUT2D eigenvalue weighted by Crippen LogP contribution is 2.34. The molecule has 0 saturated carbocycles. The van der Waals surface area contributed by atoms with Gasteiger partial charge in [0.05, 0.1) is 40.5 Å². The van der Waals surface area contributed by atoms with E-state index in [1.807, 2.05) is 42.1 Å². The predicted octanol–water partition coefficient (Wildman–Crippen LogP) is 5.33. The smallest absolute Gasteiger partial charge is 0.147 e. The maximum atomic E-state index is 14.5. The third kappa shape index (κ3) is 3.93. The molecule has 0 aliphatic carbocycles. The molecule has 1 aliphatic rings. The zero-order valence-electron chi connectivity index (χ0n) is 18.8. The van der Waals surface area contributed by atoms with Crippen LogP contribution in [0.3, 0.4) is 0 Å². The number of hydrogen-bond donors (Lipinski definition) is 0. The normalized spacial score (nSPS) is 14.5. The molecule has 6 nitrogen and oxygen atoms in total. The summed E-state index contributed by atoms with van der Waals surface area (Å²) in [7, 11) is 1.95. The Balaban J connectivity index is 1.61. The van der Waals surface area contributed by atoms with Crippen LogP contribution >= 0.6 is 0 Å². The number of halogens is 1. The molecule has 0 bridgehead atoms. The lowest BCUT2D eigenvalue weighted by molar-refractivity contribution is 0.393. The molecule has 0 atom stereocenters. The standard InChI is InChI=1S/C26H25FN6/c1-3-17-8-10-33(11-9-17)24-15-29-25(19-6-7-23-22(13-19)30-16-32(23)2)26(31-24)18-4-5-20(14-28)21(27)12-18/h4-7,12-13,15-17H,3,8-11H2,1-2H3. The molecule has 2 aromatic heterocycles. The largest absolute Gasteiger partial charge is 0.355 e. The monoisotopic (exact) mass is 440 g/mol. The van der Waals surface area contributed by atoms with E-state index in [2.05, 4.69) is 16.8 Å². The van der Waals surface area contributed by atoms with E-state index < -0.39 is 5.82 Å². The molecule has 1 aliphatic heterocycles. The fourth-order valence-corrected chi connectivity index (χ4v) is 4.55. The number of aromatic nitrogens is 4. The van der Waals surface area contributed by atoms with E-state index in [0.29, 0.717) is 17.0 Å². The van der Waals surface area contributed by atoms with Crippen LogP contribution in [0, 0.1) is 23.1 Å².